The molecule has 0 aliphatic rings. The minimum absolute atomic E-state index is 0.0122. The summed E-state index contributed by atoms with van der Waals surface area (Å²) in [4.78, 5) is -0.0122. The van der Waals surface area contributed by atoms with E-state index in [2.05, 4.69) is 25.3 Å². The number of aromatic nitrogens is 4. The summed E-state index contributed by atoms with van der Waals surface area (Å²) in [7, 11) is -2.37. The Morgan fingerprint density at radius 3 is 2.47 bits per heavy atom. The molecule has 0 bridgehead atoms. The molecule has 0 spiro atoms. The first kappa shape index (κ1) is 22.0. The molecule has 0 atom stereocenters. The standard InChI is InChI=1S/C19H23ClN6O3S/c1-12-13(2)25-26(14(12)3)19-8-7-18(23-24-19)21-9-10-22-30(27,28)17-11-15(20)5-6-16(17)29-4/h5-8,11,22H,9-10H2,1-4H3,(H,21,23). The predicted octanol–water partition coefficient (Wildman–Crippen LogP) is 2.64. The van der Waals surface area contributed by atoms with Crippen molar-refractivity contribution in [1.29, 1.82) is 0 Å². The predicted molar refractivity (Wildman–Crippen MR) is 115 cm³/mol. The molecule has 0 unspecified atom stereocenters. The van der Waals surface area contributed by atoms with Gasteiger partial charge in [0.25, 0.3) is 0 Å². The third kappa shape index (κ3) is 4.72. The summed E-state index contributed by atoms with van der Waals surface area (Å²) in [5, 5.41) is 16.1. The first-order valence-corrected chi connectivity index (χ1v) is 11.0. The molecule has 160 valence electrons. The molecular formula is C19H23ClN6O3S. The second-order valence-corrected chi connectivity index (χ2v) is 8.78. The Morgan fingerprint density at radius 2 is 1.87 bits per heavy atom. The van der Waals surface area contributed by atoms with E-state index in [1.54, 1.807) is 22.9 Å². The maximum Gasteiger partial charge on any atom is 0.244 e. The Bertz CT molecular complexity index is 1150. The van der Waals surface area contributed by atoms with Crippen molar-refractivity contribution in [3.63, 3.8) is 0 Å². The summed E-state index contributed by atoms with van der Waals surface area (Å²) < 4.78 is 34.4. The number of aryl methyl sites for hydroxylation is 1. The van der Waals surface area contributed by atoms with E-state index in [0.717, 1.165) is 17.0 Å². The molecule has 30 heavy (non-hydrogen) atoms. The molecule has 1 aromatic carbocycles. The first-order valence-electron chi connectivity index (χ1n) is 9.17. The van der Waals surface area contributed by atoms with E-state index >= 15 is 0 Å². The maximum absolute atomic E-state index is 12.5. The van der Waals surface area contributed by atoms with Crippen LogP contribution in [-0.2, 0) is 10.0 Å². The van der Waals surface area contributed by atoms with E-state index in [0.29, 0.717) is 23.2 Å². The summed E-state index contributed by atoms with van der Waals surface area (Å²) in [6, 6.07) is 7.99. The van der Waals surface area contributed by atoms with Gasteiger partial charge >= 0.3 is 0 Å². The van der Waals surface area contributed by atoms with Crippen molar-refractivity contribution in [2.24, 2.45) is 0 Å². The molecule has 9 nitrogen and oxygen atoms in total. The van der Waals surface area contributed by atoms with E-state index in [1.165, 1.54) is 19.2 Å². The highest BCUT2D eigenvalue weighted by Gasteiger charge is 2.19. The maximum atomic E-state index is 12.5. The van der Waals surface area contributed by atoms with Crippen molar-refractivity contribution in [2.45, 2.75) is 25.7 Å². The van der Waals surface area contributed by atoms with Gasteiger partial charge in [-0.1, -0.05) is 11.6 Å². The smallest absolute Gasteiger partial charge is 0.244 e. The molecule has 11 heteroatoms. The van der Waals surface area contributed by atoms with Crippen LogP contribution in [0.2, 0.25) is 5.02 Å². The Labute approximate surface area is 180 Å². The van der Waals surface area contributed by atoms with E-state index in [-0.39, 0.29) is 17.2 Å². The monoisotopic (exact) mass is 450 g/mol. The SMILES string of the molecule is COc1ccc(Cl)cc1S(=O)(=O)NCCNc1ccc(-n2nc(C)c(C)c2C)nn1. The highest BCUT2D eigenvalue weighted by atomic mass is 35.5. The minimum Gasteiger partial charge on any atom is -0.495 e. The van der Waals surface area contributed by atoms with Crippen molar-refractivity contribution >= 4 is 27.4 Å². The van der Waals surface area contributed by atoms with Crippen LogP contribution < -0.4 is 14.8 Å². The van der Waals surface area contributed by atoms with Crippen molar-refractivity contribution in [3.05, 3.63) is 52.3 Å². The Kier molecular flexibility index (Phi) is 6.59. The highest BCUT2D eigenvalue weighted by Crippen LogP contribution is 2.26. The summed E-state index contributed by atoms with van der Waals surface area (Å²) >= 11 is 5.92. The normalized spacial score (nSPS) is 11.5. The Balaban J connectivity index is 1.59. The van der Waals surface area contributed by atoms with Crippen molar-refractivity contribution < 1.29 is 13.2 Å². The number of benzene rings is 1. The zero-order valence-electron chi connectivity index (χ0n) is 17.1. The topological polar surface area (TPSA) is 111 Å². The molecule has 3 rings (SSSR count). The fourth-order valence-corrected chi connectivity index (χ4v) is 4.25. The van der Waals surface area contributed by atoms with Gasteiger partial charge in [-0.15, -0.1) is 10.2 Å². The van der Waals surface area contributed by atoms with Gasteiger partial charge in [0.2, 0.25) is 10.0 Å². The van der Waals surface area contributed by atoms with Gasteiger partial charge in [0.15, 0.2) is 5.82 Å². The molecule has 0 aliphatic heterocycles. The minimum atomic E-state index is -3.78. The van der Waals surface area contributed by atoms with Crippen LogP contribution in [0.4, 0.5) is 5.82 Å². The fraction of sp³-hybridized carbons (Fsp3) is 0.316. The average Bonchev–Trinajstić information content (AvgIpc) is 2.99. The number of anilines is 1. The molecule has 0 radical (unpaired) electrons. The molecule has 3 aromatic rings. The lowest BCUT2D eigenvalue weighted by molar-refractivity contribution is 0.402. The Hall–Kier alpha value is -2.69. The number of sulfonamides is 1. The van der Waals surface area contributed by atoms with Crippen molar-refractivity contribution in [1.82, 2.24) is 24.7 Å². The van der Waals surface area contributed by atoms with Crippen LogP contribution in [0.5, 0.6) is 5.75 Å². The second kappa shape index (κ2) is 8.99. The average molecular weight is 451 g/mol. The number of rotatable bonds is 8. The third-order valence-corrected chi connectivity index (χ3v) is 6.38. The summed E-state index contributed by atoms with van der Waals surface area (Å²) in [5.41, 5.74) is 3.07. The van der Waals surface area contributed by atoms with Crippen molar-refractivity contribution in [2.75, 3.05) is 25.5 Å². The largest absolute Gasteiger partial charge is 0.495 e. The summed E-state index contributed by atoms with van der Waals surface area (Å²) in [5.74, 6) is 1.36. The Morgan fingerprint density at radius 1 is 1.10 bits per heavy atom. The van der Waals surface area contributed by atoms with Crippen LogP contribution in [0.3, 0.4) is 0 Å². The molecule has 0 amide bonds. The van der Waals surface area contributed by atoms with Crippen LogP contribution in [-0.4, -0.2) is 48.6 Å². The molecule has 0 fully saturated rings. The van der Waals surface area contributed by atoms with Gasteiger partial charge in [0.05, 0.1) is 12.8 Å². The quantitative estimate of drug-likeness (QED) is 0.507. The lowest BCUT2D eigenvalue weighted by atomic mass is 10.2. The number of halogens is 1. The van der Waals surface area contributed by atoms with Gasteiger partial charge in [0.1, 0.15) is 16.5 Å². The van der Waals surface area contributed by atoms with Gasteiger partial charge in [-0.3, -0.25) is 0 Å². The van der Waals surface area contributed by atoms with E-state index in [4.69, 9.17) is 16.3 Å². The highest BCUT2D eigenvalue weighted by molar-refractivity contribution is 7.89. The zero-order valence-corrected chi connectivity index (χ0v) is 18.7. The van der Waals surface area contributed by atoms with Gasteiger partial charge in [-0.25, -0.2) is 17.8 Å². The van der Waals surface area contributed by atoms with E-state index in [1.807, 2.05) is 20.8 Å². The van der Waals surface area contributed by atoms with Crippen LogP contribution >= 0.6 is 11.6 Å². The molecule has 0 aliphatic carbocycles. The van der Waals surface area contributed by atoms with Crippen molar-refractivity contribution in [3.8, 4) is 11.6 Å². The number of hydrogen-bond acceptors (Lipinski definition) is 7. The van der Waals surface area contributed by atoms with Crippen LogP contribution in [0.1, 0.15) is 17.0 Å². The van der Waals surface area contributed by atoms with Crippen LogP contribution in [0.25, 0.3) is 5.82 Å². The lowest BCUT2D eigenvalue weighted by Gasteiger charge is -2.11. The molecule has 0 saturated carbocycles. The van der Waals surface area contributed by atoms with Gasteiger partial charge in [0, 0.05) is 23.8 Å². The van der Waals surface area contributed by atoms with E-state index < -0.39 is 10.0 Å². The van der Waals surface area contributed by atoms with Gasteiger partial charge in [-0.2, -0.15) is 5.10 Å². The molecule has 2 aromatic heterocycles. The third-order valence-electron chi connectivity index (χ3n) is 4.66. The van der Waals surface area contributed by atoms with Gasteiger partial charge in [-0.05, 0) is 56.7 Å². The van der Waals surface area contributed by atoms with Gasteiger partial charge < -0.3 is 10.1 Å². The second-order valence-electron chi connectivity index (χ2n) is 6.60. The number of hydrogen-bond donors (Lipinski definition) is 2. The first-order chi connectivity index (χ1) is 14.2. The van der Waals surface area contributed by atoms with E-state index in [9.17, 15) is 8.42 Å². The molecular weight excluding hydrogens is 428 g/mol. The van der Waals surface area contributed by atoms with Crippen LogP contribution in [0.15, 0.2) is 35.2 Å². The zero-order chi connectivity index (χ0) is 21.9. The summed E-state index contributed by atoms with van der Waals surface area (Å²) in [6.07, 6.45) is 0. The number of nitrogens with zero attached hydrogens (tertiary/aromatic N) is 4. The number of ether oxygens (including phenoxy) is 1. The number of nitrogens with one attached hydrogen (secondary N) is 2. The molecule has 2 N–H and O–H groups in total. The number of methoxy groups -OCH3 is 1. The summed E-state index contributed by atoms with van der Waals surface area (Å²) in [6.45, 7) is 6.39. The fourth-order valence-electron chi connectivity index (χ4n) is 2.79. The lowest BCUT2D eigenvalue weighted by Crippen LogP contribution is -2.29. The van der Waals surface area contributed by atoms with Crippen LogP contribution in [0, 0.1) is 20.8 Å². The molecule has 0 saturated heterocycles. The molecule has 2 heterocycles.